The summed E-state index contributed by atoms with van der Waals surface area (Å²) in [5.41, 5.74) is 2.72. The third-order valence-electron chi connectivity index (χ3n) is 6.39. The highest BCUT2D eigenvalue weighted by molar-refractivity contribution is 8.18. The maximum absolute atomic E-state index is 12.8. The molecule has 0 aromatic heterocycles. The highest BCUT2D eigenvalue weighted by Crippen LogP contribution is 2.32. The molecule has 0 aliphatic carbocycles. The van der Waals surface area contributed by atoms with Crippen molar-refractivity contribution in [3.8, 4) is 0 Å². The van der Waals surface area contributed by atoms with Gasteiger partial charge in [0.1, 0.15) is 0 Å². The van der Waals surface area contributed by atoms with Crippen molar-refractivity contribution in [1.29, 1.82) is 0 Å². The lowest BCUT2D eigenvalue weighted by atomic mass is 10.1. The Bertz CT molecular complexity index is 1160. The molecule has 0 spiro atoms. The van der Waals surface area contributed by atoms with Crippen LogP contribution in [0.25, 0.3) is 6.08 Å². The number of nitrogens with zero attached hydrogens (tertiary/aromatic N) is 3. The first kappa shape index (κ1) is 25.5. The van der Waals surface area contributed by atoms with Crippen molar-refractivity contribution in [3.63, 3.8) is 0 Å². The van der Waals surface area contributed by atoms with Gasteiger partial charge in [0.2, 0.25) is 11.8 Å². The van der Waals surface area contributed by atoms with Gasteiger partial charge in [-0.2, -0.15) is 0 Å². The standard InChI is InChI=1S/C27H30N4O4S/c1-3-29(4-2)21-12-10-19(11-13-21)16-23-26(34)30(27(35)36-23)15-14-28-25(33)20-17-24(32)31(18-20)22-8-6-5-7-9-22/h5-13,16,20H,3-4,14-15,17-18H2,1-2H3,(H,28,33)/b23-16-/t20-/m1/s1. The number of amides is 4. The molecule has 0 unspecified atom stereocenters. The number of nitrogens with one attached hydrogen (secondary N) is 1. The fourth-order valence-electron chi connectivity index (χ4n) is 4.39. The number of benzene rings is 2. The lowest BCUT2D eigenvalue weighted by Gasteiger charge is -2.20. The fourth-order valence-corrected chi connectivity index (χ4v) is 5.26. The van der Waals surface area contributed by atoms with Crippen LogP contribution in [0.2, 0.25) is 0 Å². The van der Waals surface area contributed by atoms with Gasteiger partial charge in [-0.1, -0.05) is 30.3 Å². The van der Waals surface area contributed by atoms with Gasteiger partial charge in [-0.3, -0.25) is 24.1 Å². The molecule has 0 radical (unpaired) electrons. The highest BCUT2D eigenvalue weighted by atomic mass is 32.2. The number of imide groups is 1. The Morgan fingerprint density at radius 3 is 2.42 bits per heavy atom. The predicted octanol–water partition coefficient (Wildman–Crippen LogP) is 3.74. The van der Waals surface area contributed by atoms with Crippen LogP contribution in [0.5, 0.6) is 0 Å². The zero-order valence-electron chi connectivity index (χ0n) is 20.5. The van der Waals surface area contributed by atoms with Crippen molar-refractivity contribution in [2.24, 2.45) is 5.92 Å². The molecule has 2 fully saturated rings. The normalized spacial score (nSPS) is 18.9. The molecule has 4 amide bonds. The second kappa shape index (κ2) is 11.4. The summed E-state index contributed by atoms with van der Waals surface area (Å²) in [5.74, 6) is -1.18. The molecule has 2 aromatic carbocycles. The van der Waals surface area contributed by atoms with Gasteiger partial charge in [0, 0.05) is 50.5 Å². The Balaban J connectivity index is 1.30. The van der Waals surface area contributed by atoms with Gasteiger partial charge >= 0.3 is 0 Å². The number of carbonyl (C=O) groups excluding carboxylic acids is 4. The monoisotopic (exact) mass is 506 g/mol. The van der Waals surface area contributed by atoms with Gasteiger partial charge in [-0.25, -0.2) is 0 Å². The molecule has 2 heterocycles. The summed E-state index contributed by atoms with van der Waals surface area (Å²) < 4.78 is 0. The number of carbonyl (C=O) groups is 4. The molecule has 36 heavy (non-hydrogen) atoms. The number of para-hydroxylation sites is 1. The van der Waals surface area contributed by atoms with Gasteiger partial charge in [0.05, 0.1) is 10.8 Å². The van der Waals surface area contributed by atoms with E-state index in [0.29, 0.717) is 11.4 Å². The van der Waals surface area contributed by atoms with Gasteiger partial charge < -0.3 is 15.1 Å². The molecule has 9 heteroatoms. The molecule has 2 aliphatic rings. The summed E-state index contributed by atoms with van der Waals surface area (Å²) in [6, 6.07) is 17.1. The van der Waals surface area contributed by atoms with E-state index in [1.807, 2.05) is 54.6 Å². The molecule has 0 saturated carbocycles. The van der Waals surface area contributed by atoms with Crippen LogP contribution in [0.15, 0.2) is 59.5 Å². The highest BCUT2D eigenvalue weighted by Gasteiger charge is 2.37. The molecule has 1 atom stereocenters. The Labute approximate surface area is 215 Å². The maximum Gasteiger partial charge on any atom is 0.293 e. The summed E-state index contributed by atoms with van der Waals surface area (Å²) in [6.45, 7) is 6.55. The second-order valence-electron chi connectivity index (χ2n) is 8.63. The van der Waals surface area contributed by atoms with Gasteiger partial charge in [-0.15, -0.1) is 0 Å². The first-order valence-electron chi connectivity index (χ1n) is 12.1. The van der Waals surface area contributed by atoms with Gasteiger partial charge in [0.25, 0.3) is 11.1 Å². The number of hydrogen-bond donors (Lipinski definition) is 1. The van der Waals surface area contributed by atoms with Crippen molar-refractivity contribution >= 4 is 52.2 Å². The molecule has 8 nitrogen and oxygen atoms in total. The van der Waals surface area contributed by atoms with E-state index in [2.05, 4.69) is 24.1 Å². The minimum Gasteiger partial charge on any atom is -0.372 e. The lowest BCUT2D eigenvalue weighted by Crippen LogP contribution is -2.40. The average molecular weight is 507 g/mol. The second-order valence-corrected chi connectivity index (χ2v) is 9.62. The summed E-state index contributed by atoms with van der Waals surface area (Å²) >= 11 is 0.903. The molecule has 0 bridgehead atoms. The van der Waals surface area contributed by atoms with E-state index in [4.69, 9.17) is 0 Å². The lowest BCUT2D eigenvalue weighted by molar-refractivity contribution is -0.127. The summed E-state index contributed by atoms with van der Waals surface area (Å²) in [5, 5.41) is 2.43. The van der Waals surface area contributed by atoms with Crippen LogP contribution in [0.3, 0.4) is 0 Å². The average Bonchev–Trinajstić information content (AvgIpc) is 3.41. The van der Waals surface area contributed by atoms with E-state index in [9.17, 15) is 19.2 Å². The number of thioether (sulfide) groups is 1. The van der Waals surface area contributed by atoms with E-state index in [1.165, 1.54) is 0 Å². The van der Waals surface area contributed by atoms with Crippen LogP contribution >= 0.6 is 11.8 Å². The van der Waals surface area contributed by atoms with Crippen molar-refractivity contribution in [2.75, 3.05) is 42.5 Å². The summed E-state index contributed by atoms with van der Waals surface area (Å²) in [7, 11) is 0. The van der Waals surface area contributed by atoms with Crippen LogP contribution in [-0.2, 0) is 14.4 Å². The van der Waals surface area contributed by atoms with Crippen molar-refractivity contribution in [1.82, 2.24) is 10.2 Å². The van der Waals surface area contributed by atoms with E-state index in [0.717, 1.165) is 46.7 Å². The van der Waals surface area contributed by atoms with Crippen LogP contribution in [0, 0.1) is 5.92 Å². The number of rotatable bonds is 9. The minimum atomic E-state index is -0.466. The molecule has 2 aromatic rings. The SMILES string of the molecule is CCN(CC)c1ccc(/C=C2\SC(=O)N(CCNC(=O)[C@@H]3CC(=O)N(c4ccccc4)C3)C2=O)cc1. The fraction of sp³-hybridized carbons (Fsp3) is 0.333. The molecule has 1 N–H and O–H groups in total. The van der Waals surface area contributed by atoms with Gasteiger partial charge in [0.15, 0.2) is 0 Å². The third-order valence-corrected chi connectivity index (χ3v) is 7.30. The number of hydrogen-bond acceptors (Lipinski definition) is 6. The largest absolute Gasteiger partial charge is 0.372 e. The Hall–Kier alpha value is -3.59. The Kier molecular flexibility index (Phi) is 8.10. The van der Waals surface area contributed by atoms with E-state index >= 15 is 0 Å². The summed E-state index contributed by atoms with van der Waals surface area (Å²) in [4.78, 5) is 55.6. The van der Waals surface area contributed by atoms with Crippen LogP contribution in [-0.4, -0.2) is 60.6 Å². The smallest absolute Gasteiger partial charge is 0.293 e. The molecule has 2 saturated heterocycles. The third kappa shape index (κ3) is 5.62. The number of anilines is 2. The van der Waals surface area contributed by atoms with Gasteiger partial charge in [-0.05, 0) is 61.5 Å². The van der Waals surface area contributed by atoms with Crippen LogP contribution < -0.4 is 15.1 Å². The topological polar surface area (TPSA) is 90.0 Å². The zero-order chi connectivity index (χ0) is 25.7. The van der Waals surface area contributed by atoms with Crippen molar-refractivity contribution in [2.45, 2.75) is 20.3 Å². The molecular weight excluding hydrogens is 476 g/mol. The first-order chi connectivity index (χ1) is 17.4. The van der Waals surface area contributed by atoms with E-state index in [-0.39, 0.29) is 42.5 Å². The van der Waals surface area contributed by atoms with Crippen molar-refractivity contribution < 1.29 is 19.2 Å². The first-order valence-corrected chi connectivity index (χ1v) is 13.0. The van der Waals surface area contributed by atoms with Crippen molar-refractivity contribution in [3.05, 3.63) is 65.1 Å². The maximum atomic E-state index is 12.8. The predicted molar refractivity (Wildman–Crippen MR) is 143 cm³/mol. The molecule has 188 valence electrons. The van der Waals surface area contributed by atoms with Crippen LogP contribution in [0.4, 0.5) is 16.2 Å². The summed E-state index contributed by atoms with van der Waals surface area (Å²) in [6.07, 6.45) is 1.86. The molecular formula is C27H30N4O4S. The van der Waals surface area contributed by atoms with Crippen LogP contribution in [0.1, 0.15) is 25.8 Å². The minimum absolute atomic E-state index is 0.0811. The Morgan fingerprint density at radius 2 is 1.75 bits per heavy atom. The Morgan fingerprint density at radius 1 is 1.06 bits per heavy atom. The molecule has 2 aliphatic heterocycles. The molecule has 4 rings (SSSR count). The quantitative estimate of drug-likeness (QED) is 0.521. The zero-order valence-corrected chi connectivity index (χ0v) is 21.3. The van der Waals surface area contributed by atoms with E-state index in [1.54, 1.807) is 11.0 Å². The van der Waals surface area contributed by atoms with E-state index < -0.39 is 5.92 Å².